The topological polar surface area (TPSA) is 88.9 Å². The van der Waals surface area contributed by atoms with E-state index in [0.29, 0.717) is 12.1 Å². The molecule has 148 valence electrons. The van der Waals surface area contributed by atoms with Gasteiger partial charge in [-0.05, 0) is 31.4 Å². The van der Waals surface area contributed by atoms with E-state index in [4.69, 9.17) is 4.74 Å². The molecule has 1 aliphatic heterocycles. The number of hydrogen-bond donors (Lipinski definition) is 0. The third kappa shape index (κ3) is 3.99. The van der Waals surface area contributed by atoms with Gasteiger partial charge in [-0.2, -0.15) is 0 Å². The van der Waals surface area contributed by atoms with Gasteiger partial charge in [-0.25, -0.2) is 4.79 Å². The van der Waals surface area contributed by atoms with Crippen molar-refractivity contribution in [2.75, 3.05) is 26.7 Å². The number of rotatable bonds is 7. The lowest BCUT2D eigenvalue weighted by Gasteiger charge is -2.13. The second-order valence-corrected chi connectivity index (χ2v) is 7.68. The third-order valence-corrected chi connectivity index (χ3v) is 5.51. The molecule has 0 N–H and O–H groups in total. The molecule has 1 saturated heterocycles. The Balaban J connectivity index is 1.60. The van der Waals surface area contributed by atoms with Crippen LogP contribution in [-0.4, -0.2) is 64.8 Å². The van der Waals surface area contributed by atoms with Gasteiger partial charge in [-0.1, -0.05) is 6.07 Å². The summed E-state index contributed by atoms with van der Waals surface area (Å²) in [5.41, 5.74) is 2.24. The Kier molecular flexibility index (Phi) is 5.64. The van der Waals surface area contributed by atoms with Crippen molar-refractivity contribution >= 4 is 35.0 Å². The molecule has 0 radical (unpaired) electrons. The minimum Gasteiger partial charge on any atom is -0.456 e. The molecule has 3 heterocycles. The lowest BCUT2D eigenvalue weighted by Crippen LogP contribution is -2.37. The van der Waals surface area contributed by atoms with E-state index in [1.165, 1.54) is 16.8 Å². The van der Waals surface area contributed by atoms with Crippen molar-refractivity contribution in [2.24, 2.45) is 0 Å². The van der Waals surface area contributed by atoms with Crippen molar-refractivity contribution in [3.8, 4) is 0 Å². The molecule has 3 amide bonds. The highest BCUT2D eigenvalue weighted by atomic mass is 32.1. The summed E-state index contributed by atoms with van der Waals surface area (Å²) in [6.07, 6.45) is 0. The Morgan fingerprint density at radius 3 is 2.61 bits per heavy atom. The summed E-state index contributed by atoms with van der Waals surface area (Å²) in [6.45, 7) is 3.45. The van der Waals surface area contributed by atoms with Gasteiger partial charge < -0.3 is 14.2 Å². The molecule has 2 aromatic rings. The monoisotopic (exact) mass is 403 g/mol. The fourth-order valence-electron chi connectivity index (χ4n) is 3.11. The average molecular weight is 403 g/mol. The first-order chi connectivity index (χ1) is 13.3. The molecule has 28 heavy (non-hydrogen) atoms. The van der Waals surface area contributed by atoms with Crippen LogP contribution in [0.15, 0.2) is 23.6 Å². The summed E-state index contributed by atoms with van der Waals surface area (Å²) in [5, 5.41) is 2.00. The average Bonchev–Trinajstić information content (AvgIpc) is 3.32. The van der Waals surface area contributed by atoms with Crippen LogP contribution in [0.3, 0.4) is 0 Å². The van der Waals surface area contributed by atoms with E-state index >= 15 is 0 Å². The Morgan fingerprint density at radius 1 is 1.25 bits per heavy atom. The van der Waals surface area contributed by atoms with Crippen LogP contribution in [0.1, 0.15) is 26.6 Å². The van der Waals surface area contributed by atoms with Gasteiger partial charge in [0.05, 0.1) is 6.54 Å². The van der Waals surface area contributed by atoms with Crippen molar-refractivity contribution in [2.45, 2.75) is 20.4 Å². The van der Waals surface area contributed by atoms with Crippen molar-refractivity contribution in [3.05, 3.63) is 45.4 Å². The van der Waals surface area contributed by atoms with Crippen LogP contribution in [-0.2, 0) is 20.9 Å². The zero-order valence-electron chi connectivity index (χ0n) is 15.9. The Morgan fingerprint density at radius 2 is 2.00 bits per heavy atom. The third-order valence-electron chi connectivity index (χ3n) is 4.65. The van der Waals surface area contributed by atoms with Crippen molar-refractivity contribution in [1.82, 2.24) is 14.4 Å². The second-order valence-electron chi connectivity index (χ2n) is 6.65. The van der Waals surface area contributed by atoms with E-state index in [-0.39, 0.29) is 12.3 Å². The van der Waals surface area contributed by atoms with Crippen LogP contribution < -0.4 is 0 Å². The fraction of sp³-hybridized carbons (Fsp3) is 0.368. The van der Waals surface area contributed by atoms with Crippen LogP contribution in [0, 0.1) is 13.8 Å². The number of nitrogens with zero attached hydrogens (tertiary/aromatic N) is 3. The van der Waals surface area contributed by atoms with Gasteiger partial charge in [0, 0.05) is 28.9 Å². The predicted molar refractivity (Wildman–Crippen MR) is 102 cm³/mol. The van der Waals surface area contributed by atoms with Crippen LogP contribution in [0.2, 0.25) is 0 Å². The smallest absolute Gasteiger partial charge is 0.327 e. The standard InChI is InChI=1S/C19H21N3O5S/c1-12-7-15(13(2)21(12)8-14-5-4-6-28-14)16(23)11-27-18(25)10-22-17(24)9-20(3)19(22)26/h4-7H,8-11H2,1-3H3. The zero-order chi connectivity index (χ0) is 20.4. The number of ether oxygens (including phenoxy) is 1. The maximum absolute atomic E-state index is 12.5. The summed E-state index contributed by atoms with van der Waals surface area (Å²) in [7, 11) is 1.47. The van der Waals surface area contributed by atoms with Crippen molar-refractivity contribution in [3.63, 3.8) is 0 Å². The molecule has 3 rings (SSSR count). The molecule has 0 spiro atoms. The maximum atomic E-state index is 12.5. The van der Waals surface area contributed by atoms with Gasteiger partial charge in [-0.15, -0.1) is 11.3 Å². The molecule has 9 heteroatoms. The van der Waals surface area contributed by atoms with Crippen molar-refractivity contribution in [1.29, 1.82) is 0 Å². The first kappa shape index (κ1) is 19.8. The first-order valence-electron chi connectivity index (χ1n) is 8.71. The van der Waals surface area contributed by atoms with Gasteiger partial charge in [0.2, 0.25) is 5.78 Å². The number of amides is 3. The SMILES string of the molecule is Cc1cc(C(=O)COC(=O)CN2C(=O)CN(C)C2=O)c(C)n1Cc1cccs1. The zero-order valence-corrected chi connectivity index (χ0v) is 16.7. The number of aromatic nitrogens is 1. The highest BCUT2D eigenvalue weighted by molar-refractivity contribution is 7.09. The second kappa shape index (κ2) is 7.97. The number of hydrogen-bond acceptors (Lipinski definition) is 6. The molecular weight excluding hydrogens is 382 g/mol. The lowest BCUT2D eigenvalue weighted by molar-refractivity contribution is -0.145. The first-order valence-corrected chi connectivity index (χ1v) is 9.59. The lowest BCUT2D eigenvalue weighted by atomic mass is 10.1. The number of aryl methyl sites for hydroxylation is 1. The van der Waals surface area contributed by atoms with Crippen LogP contribution >= 0.6 is 11.3 Å². The molecule has 0 aliphatic carbocycles. The Bertz CT molecular complexity index is 932. The number of likely N-dealkylation sites (N-methyl/N-ethyl adjacent to an activating group) is 1. The van der Waals surface area contributed by atoms with Gasteiger partial charge in [0.1, 0.15) is 13.1 Å². The van der Waals surface area contributed by atoms with Crippen LogP contribution in [0.4, 0.5) is 4.79 Å². The number of esters is 1. The Hall–Kier alpha value is -2.94. The van der Waals surface area contributed by atoms with Gasteiger partial charge in [-0.3, -0.25) is 19.3 Å². The normalized spacial score (nSPS) is 14.1. The number of carbonyl (C=O) groups is 4. The molecule has 0 saturated carbocycles. The number of carbonyl (C=O) groups excluding carboxylic acids is 4. The molecule has 0 aromatic carbocycles. The molecule has 0 atom stereocenters. The quantitative estimate of drug-likeness (QED) is 0.400. The largest absolute Gasteiger partial charge is 0.456 e. The minimum absolute atomic E-state index is 0.0682. The van der Waals surface area contributed by atoms with Crippen molar-refractivity contribution < 1.29 is 23.9 Å². The van der Waals surface area contributed by atoms with E-state index < -0.39 is 31.1 Å². The molecule has 0 bridgehead atoms. The molecule has 0 unspecified atom stereocenters. The number of ketones is 1. The summed E-state index contributed by atoms with van der Waals surface area (Å²) in [4.78, 5) is 51.2. The molecule has 1 aliphatic rings. The van der Waals surface area contributed by atoms with E-state index in [1.54, 1.807) is 17.4 Å². The van der Waals surface area contributed by atoms with E-state index in [1.807, 2.05) is 35.9 Å². The highest BCUT2D eigenvalue weighted by Crippen LogP contribution is 2.20. The van der Waals surface area contributed by atoms with E-state index in [0.717, 1.165) is 16.3 Å². The van der Waals surface area contributed by atoms with Gasteiger partial charge >= 0.3 is 12.0 Å². The molecular formula is C19H21N3O5S. The van der Waals surface area contributed by atoms with Crippen LogP contribution in [0.5, 0.6) is 0 Å². The summed E-state index contributed by atoms with van der Waals surface area (Å²) < 4.78 is 7.04. The predicted octanol–water partition coefficient (Wildman–Crippen LogP) is 1.83. The van der Waals surface area contributed by atoms with Crippen LogP contribution in [0.25, 0.3) is 0 Å². The van der Waals surface area contributed by atoms with E-state index in [2.05, 4.69) is 0 Å². The highest BCUT2D eigenvalue weighted by Gasteiger charge is 2.35. The molecule has 2 aromatic heterocycles. The summed E-state index contributed by atoms with van der Waals surface area (Å²) >= 11 is 1.64. The number of imide groups is 1. The number of Topliss-reactive ketones (excluding diaryl/α,β-unsaturated/α-hetero) is 1. The van der Waals surface area contributed by atoms with E-state index in [9.17, 15) is 19.2 Å². The molecule has 1 fully saturated rings. The summed E-state index contributed by atoms with van der Waals surface area (Å²) in [5.74, 6) is -1.58. The summed E-state index contributed by atoms with van der Waals surface area (Å²) in [6, 6.07) is 5.24. The number of thiophene rings is 1. The molecule has 8 nitrogen and oxygen atoms in total. The maximum Gasteiger partial charge on any atom is 0.327 e. The fourth-order valence-corrected chi connectivity index (χ4v) is 3.80. The number of urea groups is 1. The Labute approximate surface area is 166 Å². The van der Waals surface area contributed by atoms with Gasteiger partial charge in [0.25, 0.3) is 5.91 Å². The minimum atomic E-state index is -0.794. The van der Waals surface area contributed by atoms with Gasteiger partial charge in [0.15, 0.2) is 6.61 Å².